The average molecular weight is 341 g/mol. The van der Waals surface area contributed by atoms with E-state index in [0.29, 0.717) is 24.3 Å². The zero-order valence-corrected chi connectivity index (χ0v) is 13.4. The standard InChI is InChI=1S/C16H17F2NO3S/c1-2-22-16(21)11-6-10(11)15-19(14(20)8-23-15)7-9-3-4-12(17)13(18)5-9/h3-5,10-11,15H,2,6-8H2,1H3. The minimum atomic E-state index is -0.922. The molecule has 0 radical (unpaired) electrons. The highest BCUT2D eigenvalue weighted by Crippen LogP contribution is 2.50. The minimum absolute atomic E-state index is 0.0424. The molecule has 2 aliphatic rings. The van der Waals surface area contributed by atoms with Crippen LogP contribution in [0.1, 0.15) is 18.9 Å². The molecule has 0 aromatic heterocycles. The molecule has 3 unspecified atom stereocenters. The summed E-state index contributed by atoms with van der Waals surface area (Å²) in [5.74, 6) is -1.82. The molecule has 1 amide bonds. The molecule has 2 fully saturated rings. The summed E-state index contributed by atoms with van der Waals surface area (Å²) in [5.41, 5.74) is 0.540. The lowest BCUT2D eigenvalue weighted by atomic mass is 10.2. The SMILES string of the molecule is CCOC(=O)C1CC1C1SCC(=O)N1Cc1ccc(F)c(F)c1. The van der Waals surface area contributed by atoms with E-state index in [1.807, 2.05) is 0 Å². The summed E-state index contributed by atoms with van der Waals surface area (Å²) in [5, 5.41) is -0.106. The molecule has 1 saturated heterocycles. The summed E-state index contributed by atoms with van der Waals surface area (Å²) in [7, 11) is 0. The molecule has 1 heterocycles. The molecular formula is C16H17F2NO3S. The molecule has 1 aliphatic carbocycles. The van der Waals surface area contributed by atoms with Gasteiger partial charge < -0.3 is 9.64 Å². The van der Waals surface area contributed by atoms with Gasteiger partial charge in [0, 0.05) is 12.5 Å². The first-order chi connectivity index (χ1) is 11.0. The molecule has 1 aromatic carbocycles. The van der Waals surface area contributed by atoms with Crippen LogP contribution >= 0.6 is 11.8 Å². The van der Waals surface area contributed by atoms with E-state index < -0.39 is 11.6 Å². The number of hydrogen-bond acceptors (Lipinski definition) is 4. The second-order valence-corrected chi connectivity index (χ2v) is 6.83. The van der Waals surface area contributed by atoms with Crippen LogP contribution in [0.5, 0.6) is 0 Å². The number of rotatable bonds is 5. The van der Waals surface area contributed by atoms with Gasteiger partial charge in [-0.3, -0.25) is 9.59 Å². The number of thioether (sulfide) groups is 1. The van der Waals surface area contributed by atoms with Gasteiger partial charge in [0.2, 0.25) is 5.91 Å². The van der Waals surface area contributed by atoms with Gasteiger partial charge in [0.05, 0.1) is 23.7 Å². The van der Waals surface area contributed by atoms with E-state index in [1.165, 1.54) is 17.8 Å². The minimum Gasteiger partial charge on any atom is -0.466 e. The van der Waals surface area contributed by atoms with Crippen LogP contribution in [0, 0.1) is 23.5 Å². The van der Waals surface area contributed by atoms with Crippen LogP contribution in [0.4, 0.5) is 8.78 Å². The number of hydrogen-bond donors (Lipinski definition) is 0. The van der Waals surface area contributed by atoms with Crippen molar-refractivity contribution in [3.63, 3.8) is 0 Å². The Morgan fingerprint density at radius 2 is 2.17 bits per heavy atom. The lowest BCUT2D eigenvalue weighted by molar-refractivity contribution is -0.145. The maximum Gasteiger partial charge on any atom is 0.309 e. The van der Waals surface area contributed by atoms with Gasteiger partial charge in [-0.25, -0.2) is 8.78 Å². The average Bonchev–Trinajstić information content (AvgIpc) is 3.23. The first-order valence-electron chi connectivity index (χ1n) is 7.53. The number of ether oxygens (including phenoxy) is 1. The zero-order chi connectivity index (χ0) is 16.6. The van der Waals surface area contributed by atoms with Gasteiger partial charge in [0.1, 0.15) is 0 Å². The van der Waals surface area contributed by atoms with Crippen molar-refractivity contribution in [1.82, 2.24) is 4.90 Å². The largest absolute Gasteiger partial charge is 0.466 e. The van der Waals surface area contributed by atoms with Gasteiger partial charge in [0.15, 0.2) is 11.6 Å². The molecular weight excluding hydrogens is 324 g/mol. The Balaban J connectivity index is 1.69. The number of amides is 1. The molecule has 1 aliphatic heterocycles. The molecule has 0 N–H and O–H groups in total. The molecule has 0 spiro atoms. The quantitative estimate of drug-likeness (QED) is 0.773. The topological polar surface area (TPSA) is 46.6 Å². The fourth-order valence-corrected chi connectivity index (χ4v) is 4.29. The number of carbonyl (C=O) groups is 2. The predicted molar refractivity (Wildman–Crippen MR) is 81.4 cm³/mol. The van der Waals surface area contributed by atoms with Gasteiger partial charge >= 0.3 is 5.97 Å². The van der Waals surface area contributed by atoms with E-state index in [4.69, 9.17) is 4.74 Å². The van der Waals surface area contributed by atoms with Crippen LogP contribution in [0.25, 0.3) is 0 Å². The maximum atomic E-state index is 13.3. The normalized spacial score (nSPS) is 26.5. The fourth-order valence-electron chi connectivity index (χ4n) is 2.89. The van der Waals surface area contributed by atoms with E-state index in [-0.39, 0.29) is 35.6 Å². The lowest BCUT2D eigenvalue weighted by Crippen LogP contribution is -2.34. The second-order valence-electron chi connectivity index (χ2n) is 5.73. The van der Waals surface area contributed by atoms with E-state index in [9.17, 15) is 18.4 Å². The van der Waals surface area contributed by atoms with Gasteiger partial charge in [0.25, 0.3) is 0 Å². The second kappa shape index (κ2) is 6.47. The third-order valence-corrected chi connectivity index (χ3v) is 5.50. The molecule has 4 nitrogen and oxygen atoms in total. The zero-order valence-electron chi connectivity index (χ0n) is 12.6. The third-order valence-electron chi connectivity index (χ3n) is 4.14. The smallest absolute Gasteiger partial charge is 0.309 e. The predicted octanol–water partition coefficient (Wildman–Crippen LogP) is 2.57. The molecule has 1 aromatic rings. The Morgan fingerprint density at radius 1 is 1.39 bits per heavy atom. The molecule has 0 bridgehead atoms. The first kappa shape index (κ1) is 16.2. The number of esters is 1. The molecule has 23 heavy (non-hydrogen) atoms. The van der Waals surface area contributed by atoms with Crippen LogP contribution in [-0.2, 0) is 20.9 Å². The van der Waals surface area contributed by atoms with Crippen molar-refractivity contribution in [2.24, 2.45) is 11.8 Å². The van der Waals surface area contributed by atoms with Crippen molar-refractivity contribution in [1.29, 1.82) is 0 Å². The fraction of sp³-hybridized carbons (Fsp3) is 0.500. The van der Waals surface area contributed by atoms with E-state index >= 15 is 0 Å². The van der Waals surface area contributed by atoms with Gasteiger partial charge in [-0.05, 0) is 31.0 Å². The molecule has 1 saturated carbocycles. The first-order valence-corrected chi connectivity index (χ1v) is 8.57. The highest BCUT2D eigenvalue weighted by atomic mass is 32.2. The molecule has 3 rings (SSSR count). The highest BCUT2D eigenvalue weighted by Gasteiger charge is 2.53. The van der Waals surface area contributed by atoms with Gasteiger partial charge in [-0.2, -0.15) is 0 Å². The van der Waals surface area contributed by atoms with E-state index in [1.54, 1.807) is 11.8 Å². The van der Waals surface area contributed by atoms with Gasteiger partial charge in [-0.1, -0.05) is 6.07 Å². The number of halogens is 2. The Morgan fingerprint density at radius 3 is 2.87 bits per heavy atom. The van der Waals surface area contributed by atoms with Crippen molar-refractivity contribution >= 4 is 23.6 Å². The third kappa shape index (κ3) is 3.34. The Hall–Kier alpha value is -1.63. The highest BCUT2D eigenvalue weighted by molar-refractivity contribution is 8.01. The van der Waals surface area contributed by atoms with Crippen LogP contribution in [-0.4, -0.2) is 34.5 Å². The molecule has 3 atom stereocenters. The summed E-state index contributed by atoms with van der Waals surface area (Å²) in [6.45, 7) is 2.33. The number of benzene rings is 1. The lowest BCUT2D eigenvalue weighted by Gasteiger charge is -2.24. The van der Waals surface area contributed by atoms with Crippen molar-refractivity contribution < 1.29 is 23.1 Å². The number of carbonyl (C=O) groups excluding carboxylic acids is 2. The van der Waals surface area contributed by atoms with Crippen LogP contribution in [0.2, 0.25) is 0 Å². The van der Waals surface area contributed by atoms with Crippen molar-refractivity contribution in [2.75, 3.05) is 12.4 Å². The van der Waals surface area contributed by atoms with Crippen molar-refractivity contribution in [3.05, 3.63) is 35.4 Å². The summed E-state index contributed by atoms with van der Waals surface area (Å²) < 4.78 is 31.4. The molecule has 7 heteroatoms. The Bertz CT molecular complexity index is 640. The van der Waals surface area contributed by atoms with Crippen molar-refractivity contribution in [2.45, 2.75) is 25.3 Å². The van der Waals surface area contributed by atoms with E-state index in [0.717, 1.165) is 12.1 Å². The summed E-state index contributed by atoms with van der Waals surface area (Å²) in [6.07, 6.45) is 0.706. The van der Waals surface area contributed by atoms with Crippen molar-refractivity contribution in [3.8, 4) is 0 Å². The summed E-state index contributed by atoms with van der Waals surface area (Å²) in [4.78, 5) is 25.5. The van der Waals surface area contributed by atoms with Crippen LogP contribution in [0.15, 0.2) is 18.2 Å². The summed E-state index contributed by atoms with van der Waals surface area (Å²) in [6, 6.07) is 3.64. The Kier molecular flexibility index (Phi) is 4.57. The summed E-state index contributed by atoms with van der Waals surface area (Å²) >= 11 is 1.50. The maximum absolute atomic E-state index is 13.3. The van der Waals surface area contributed by atoms with Crippen LogP contribution in [0.3, 0.4) is 0 Å². The monoisotopic (exact) mass is 341 g/mol. The number of nitrogens with zero attached hydrogens (tertiary/aromatic N) is 1. The molecule has 124 valence electrons. The van der Waals surface area contributed by atoms with E-state index in [2.05, 4.69) is 0 Å². The van der Waals surface area contributed by atoms with Crippen LogP contribution < -0.4 is 0 Å². The Labute approximate surface area is 137 Å². The van der Waals surface area contributed by atoms with Gasteiger partial charge in [-0.15, -0.1) is 11.8 Å².